The fourth-order valence-electron chi connectivity index (χ4n) is 3.53. The van der Waals surface area contributed by atoms with Gasteiger partial charge in [-0.2, -0.15) is 0 Å². The van der Waals surface area contributed by atoms with Crippen molar-refractivity contribution in [2.75, 3.05) is 52.8 Å². The Morgan fingerprint density at radius 3 is 2.76 bits per heavy atom. The van der Waals surface area contributed by atoms with E-state index in [0.29, 0.717) is 6.54 Å². The lowest BCUT2D eigenvalue weighted by molar-refractivity contribution is 0.245. The van der Waals surface area contributed by atoms with Crippen LogP contribution < -0.4 is 20.3 Å². The van der Waals surface area contributed by atoms with Crippen LogP contribution in [0.2, 0.25) is 0 Å². The standard InChI is InChI=1S/C21H32N6OS/c1-22-20(23-13-17-15-29-21(25-17)26(2)3)24-14-19(27-10-5-6-11-27)16-8-7-9-18(12-16)28-4/h7-9,12,15,19H,5-6,10-11,13-14H2,1-4H3,(H2,22,23,24). The van der Waals surface area contributed by atoms with Crippen LogP contribution in [0.5, 0.6) is 5.75 Å². The van der Waals surface area contributed by atoms with E-state index >= 15 is 0 Å². The number of anilines is 1. The quantitative estimate of drug-likeness (QED) is 0.510. The Morgan fingerprint density at radius 1 is 1.31 bits per heavy atom. The minimum absolute atomic E-state index is 0.283. The Bertz CT molecular complexity index is 800. The minimum atomic E-state index is 0.283. The Balaban J connectivity index is 1.62. The zero-order valence-electron chi connectivity index (χ0n) is 17.8. The van der Waals surface area contributed by atoms with E-state index in [4.69, 9.17) is 4.74 Å². The first-order valence-electron chi connectivity index (χ1n) is 10.0. The van der Waals surface area contributed by atoms with Gasteiger partial charge < -0.3 is 20.3 Å². The van der Waals surface area contributed by atoms with E-state index in [-0.39, 0.29) is 6.04 Å². The summed E-state index contributed by atoms with van der Waals surface area (Å²) in [4.78, 5) is 13.6. The SMILES string of the molecule is CN=C(NCc1csc(N(C)C)n1)NCC(c1cccc(OC)c1)N1CCCC1. The van der Waals surface area contributed by atoms with Gasteiger partial charge in [0.2, 0.25) is 0 Å². The van der Waals surface area contributed by atoms with Crippen LogP contribution in [0.1, 0.15) is 30.1 Å². The molecule has 3 rings (SSSR count). The molecule has 1 atom stereocenters. The molecule has 0 bridgehead atoms. The van der Waals surface area contributed by atoms with Crippen molar-refractivity contribution >= 4 is 22.4 Å². The molecule has 1 saturated heterocycles. The molecule has 0 amide bonds. The minimum Gasteiger partial charge on any atom is -0.497 e. The second kappa shape index (κ2) is 10.5. The second-order valence-electron chi connectivity index (χ2n) is 7.36. The lowest BCUT2D eigenvalue weighted by atomic mass is 10.1. The number of hydrogen-bond donors (Lipinski definition) is 2. The van der Waals surface area contributed by atoms with Gasteiger partial charge in [0.25, 0.3) is 0 Å². The first-order chi connectivity index (χ1) is 14.1. The lowest BCUT2D eigenvalue weighted by Gasteiger charge is -2.29. The van der Waals surface area contributed by atoms with E-state index in [9.17, 15) is 0 Å². The van der Waals surface area contributed by atoms with Gasteiger partial charge >= 0.3 is 0 Å². The number of methoxy groups -OCH3 is 1. The van der Waals surface area contributed by atoms with E-state index < -0.39 is 0 Å². The summed E-state index contributed by atoms with van der Waals surface area (Å²) in [5.41, 5.74) is 2.29. The lowest BCUT2D eigenvalue weighted by Crippen LogP contribution is -2.42. The maximum absolute atomic E-state index is 5.44. The molecule has 1 aromatic heterocycles. The van der Waals surface area contributed by atoms with E-state index in [1.54, 1.807) is 25.5 Å². The number of ether oxygens (including phenoxy) is 1. The molecule has 0 aliphatic carbocycles. The molecule has 1 aliphatic heterocycles. The number of aliphatic imine (C=N–C) groups is 1. The van der Waals surface area contributed by atoms with Crippen LogP contribution in [0, 0.1) is 0 Å². The summed E-state index contributed by atoms with van der Waals surface area (Å²) >= 11 is 1.65. The Labute approximate surface area is 177 Å². The van der Waals surface area contributed by atoms with Crippen molar-refractivity contribution in [1.82, 2.24) is 20.5 Å². The monoisotopic (exact) mass is 416 g/mol. The van der Waals surface area contributed by atoms with E-state index in [0.717, 1.165) is 42.2 Å². The molecule has 7 nitrogen and oxygen atoms in total. The summed E-state index contributed by atoms with van der Waals surface area (Å²) in [5, 5.41) is 9.98. The average Bonchev–Trinajstić information content (AvgIpc) is 3.43. The van der Waals surface area contributed by atoms with E-state index in [2.05, 4.69) is 49.1 Å². The molecule has 0 spiro atoms. The van der Waals surface area contributed by atoms with Gasteiger partial charge in [-0.15, -0.1) is 11.3 Å². The molecule has 0 radical (unpaired) electrons. The summed E-state index contributed by atoms with van der Waals surface area (Å²) < 4.78 is 5.44. The fraction of sp³-hybridized carbons (Fsp3) is 0.524. The summed E-state index contributed by atoms with van der Waals surface area (Å²) in [6, 6.07) is 8.66. The molecule has 0 saturated carbocycles. The largest absolute Gasteiger partial charge is 0.497 e. The number of thiazole rings is 1. The molecule has 158 valence electrons. The Morgan fingerprint density at radius 2 is 2.10 bits per heavy atom. The number of aromatic nitrogens is 1. The molecule has 2 heterocycles. The van der Waals surface area contributed by atoms with Crippen molar-refractivity contribution in [1.29, 1.82) is 0 Å². The molecular weight excluding hydrogens is 384 g/mol. The zero-order valence-corrected chi connectivity index (χ0v) is 18.6. The Hall–Kier alpha value is -2.32. The van der Waals surface area contributed by atoms with Crippen LogP contribution in [-0.2, 0) is 6.54 Å². The van der Waals surface area contributed by atoms with Crippen LogP contribution in [0.4, 0.5) is 5.13 Å². The maximum Gasteiger partial charge on any atom is 0.191 e. The predicted molar refractivity (Wildman–Crippen MR) is 121 cm³/mol. The Kier molecular flexibility index (Phi) is 7.71. The van der Waals surface area contributed by atoms with Gasteiger partial charge in [0.15, 0.2) is 11.1 Å². The molecule has 2 aromatic rings. The first kappa shape index (κ1) is 21.4. The number of hydrogen-bond acceptors (Lipinski definition) is 6. The summed E-state index contributed by atoms with van der Waals surface area (Å²) in [6.45, 7) is 3.69. The van der Waals surface area contributed by atoms with Crippen molar-refractivity contribution < 1.29 is 4.74 Å². The number of likely N-dealkylation sites (tertiary alicyclic amines) is 1. The smallest absolute Gasteiger partial charge is 0.191 e. The normalized spacial score (nSPS) is 15.9. The van der Waals surface area contributed by atoms with Gasteiger partial charge in [0.05, 0.1) is 25.4 Å². The molecule has 2 N–H and O–H groups in total. The third-order valence-corrected chi connectivity index (χ3v) is 6.16. The van der Waals surface area contributed by atoms with Gasteiger partial charge in [-0.3, -0.25) is 9.89 Å². The highest BCUT2D eigenvalue weighted by Crippen LogP contribution is 2.27. The van der Waals surface area contributed by atoms with Crippen LogP contribution >= 0.6 is 11.3 Å². The molecule has 8 heteroatoms. The predicted octanol–water partition coefficient (Wildman–Crippen LogP) is 2.72. The molecular formula is C21H32N6OS. The number of nitrogens with one attached hydrogen (secondary N) is 2. The molecule has 1 aromatic carbocycles. The highest BCUT2D eigenvalue weighted by molar-refractivity contribution is 7.13. The molecule has 1 aliphatic rings. The molecule has 1 fully saturated rings. The average molecular weight is 417 g/mol. The number of guanidine groups is 1. The van der Waals surface area contributed by atoms with Crippen LogP contribution in [0.25, 0.3) is 0 Å². The van der Waals surface area contributed by atoms with Gasteiger partial charge in [0, 0.05) is 33.1 Å². The highest BCUT2D eigenvalue weighted by atomic mass is 32.1. The van der Waals surface area contributed by atoms with Gasteiger partial charge in [-0.1, -0.05) is 12.1 Å². The second-order valence-corrected chi connectivity index (χ2v) is 8.19. The first-order valence-corrected chi connectivity index (χ1v) is 10.9. The van der Waals surface area contributed by atoms with Gasteiger partial charge in [-0.05, 0) is 43.6 Å². The third-order valence-electron chi connectivity index (χ3n) is 5.11. The summed E-state index contributed by atoms with van der Waals surface area (Å²) in [6.07, 6.45) is 2.51. The third kappa shape index (κ3) is 5.83. The van der Waals surface area contributed by atoms with Crippen molar-refractivity contribution in [2.45, 2.75) is 25.4 Å². The zero-order chi connectivity index (χ0) is 20.6. The molecule has 1 unspecified atom stereocenters. The van der Waals surface area contributed by atoms with Gasteiger partial charge in [0.1, 0.15) is 5.75 Å². The number of nitrogens with zero attached hydrogens (tertiary/aromatic N) is 4. The van der Waals surface area contributed by atoms with Crippen LogP contribution in [0.15, 0.2) is 34.6 Å². The maximum atomic E-state index is 5.44. The van der Waals surface area contributed by atoms with Gasteiger partial charge in [-0.25, -0.2) is 4.98 Å². The molecule has 29 heavy (non-hydrogen) atoms. The van der Waals surface area contributed by atoms with Crippen LogP contribution in [0.3, 0.4) is 0 Å². The topological polar surface area (TPSA) is 65.0 Å². The van der Waals surface area contributed by atoms with Crippen molar-refractivity contribution in [2.24, 2.45) is 4.99 Å². The number of rotatable bonds is 8. The fourth-order valence-corrected chi connectivity index (χ4v) is 4.29. The summed E-state index contributed by atoms with van der Waals surface area (Å²) in [7, 11) is 7.54. The highest BCUT2D eigenvalue weighted by Gasteiger charge is 2.24. The van der Waals surface area contributed by atoms with Crippen molar-refractivity contribution in [3.05, 3.63) is 40.9 Å². The summed E-state index contributed by atoms with van der Waals surface area (Å²) in [5.74, 6) is 1.69. The van der Waals surface area contributed by atoms with Crippen molar-refractivity contribution in [3.63, 3.8) is 0 Å². The number of benzene rings is 1. The van der Waals surface area contributed by atoms with Crippen molar-refractivity contribution in [3.8, 4) is 5.75 Å². The van der Waals surface area contributed by atoms with E-state index in [1.807, 2.05) is 25.1 Å². The van der Waals surface area contributed by atoms with Crippen LogP contribution in [-0.4, -0.2) is 63.7 Å². The van der Waals surface area contributed by atoms with E-state index in [1.165, 1.54) is 18.4 Å².